The van der Waals surface area contributed by atoms with Crippen molar-refractivity contribution in [3.8, 4) is 23.0 Å². The van der Waals surface area contributed by atoms with Gasteiger partial charge in [-0.15, -0.1) is 0 Å². The van der Waals surface area contributed by atoms with Crippen molar-refractivity contribution in [2.24, 2.45) is 0 Å². The van der Waals surface area contributed by atoms with Crippen molar-refractivity contribution in [1.29, 1.82) is 0 Å². The SMILES string of the molecule is O=C1Oc2c(O)ccc(O)c2OC(=O)c2cccc1c2. The predicted octanol–water partition coefficient (Wildman–Crippen LogP) is 1.85. The molecule has 0 fully saturated rings. The number of rotatable bonds is 0. The third-order valence-corrected chi connectivity index (χ3v) is 2.79. The van der Waals surface area contributed by atoms with E-state index >= 15 is 0 Å². The maximum Gasteiger partial charge on any atom is 0.343 e. The lowest BCUT2D eigenvalue weighted by atomic mass is 10.1. The number of hydrogen-bond acceptors (Lipinski definition) is 6. The number of carbonyl (C=O) groups excluding carboxylic acids is 2. The van der Waals surface area contributed by atoms with Crippen molar-refractivity contribution >= 4 is 11.9 Å². The fourth-order valence-electron chi connectivity index (χ4n) is 1.82. The first-order valence-electron chi connectivity index (χ1n) is 5.65. The summed E-state index contributed by atoms with van der Waals surface area (Å²) < 4.78 is 9.98. The molecule has 0 aliphatic carbocycles. The van der Waals surface area contributed by atoms with Crippen LogP contribution in [-0.2, 0) is 0 Å². The van der Waals surface area contributed by atoms with Crippen LogP contribution in [0.3, 0.4) is 0 Å². The third kappa shape index (κ3) is 1.83. The molecular weight excluding hydrogens is 264 g/mol. The van der Waals surface area contributed by atoms with E-state index in [1.54, 1.807) is 0 Å². The summed E-state index contributed by atoms with van der Waals surface area (Å²) in [7, 11) is 0. The lowest BCUT2D eigenvalue weighted by Gasteiger charge is -2.11. The number of phenols is 2. The minimum atomic E-state index is -0.771. The first-order chi connectivity index (χ1) is 9.56. The second-order valence-electron chi connectivity index (χ2n) is 4.12. The average Bonchev–Trinajstić information content (AvgIpc) is 2.48. The smallest absolute Gasteiger partial charge is 0.343 e. The Bertz CT molecular complexity index is 676. The number of ether oxygens (including phenoxy) is 2. The highest BCUT2D eigenvalue weighted by atomic mass is 16.6. The van der Waals surface area contributed by atoms with Crippen LogP contribution >= 0.6 is 0 Å². The van der Waals surface area contributed by atoms with Crippen LogP contribution in [0.4, 0.5) is 0 Å². The largest absolute Gasteiger partial charge is 0.504 e. The Kier molecular flexibility index (Phi) is 2.57. The molecule has 0 saturated heterocycles. The molecule has 0 saturated carbocycles. The fourth-order valence-corrected chi connectivity index (χ4v) is 1.82. The summed E-state index contributed by atoms with van der Waals surface area (Å²) in [6.45, 7) is 0. The number of carbonyl (C=O) groups is 2. The molecule has 2 N–H and O–H groups in total. The van der Waals surface area contributed by atoms with Crippen LogP contribution in [0.2, 0.25) is 0 Å². The summed E-state index contributed by atoms with van der Waals surface area (Å²) in [5.41, 5.74) is 0.269. The van der Waals surface area contributed by atoms with E-state index in [1.165, 1.54) is 24.3 Å². The highest BCUT2D eigenvalue weighted by Crippen LogP contribution is 2.44. The zero-order chi connectivity index (χ0) is 14.3. The minimum absolute atomic E-state index is 0.134. The minimum Gasteiger partial charge on any atom is -0.504 e. The van der Waals surface area contributed by atoms with E-state index in [0.29, 0.717) is 0 Å². The molecule has 0 spiro atoms. The normalized spacial score (nSPS) is 13.4. The summed E-state index contributed by atoms with van der Waals surface area (Å²) in [5, 5.41) is 19.4. The molecule has 0 radical (unpaired) electrons. The molecule has 0 amide bonds. The molecule has 2 bridgehead atoms. The van der Waals surface area contributed by atoms with Gasteiger partial charge in [-0.25, -0.2) is 9.59 Å². The van der Waals surface area contributed by atoms with Gasteiger partial charge in [0, 0.05) is 0 Å². The van der Waals surface area contributed by atoms with Crippen LogP contribution in [0.1, 0.15) is 20.7 Å². The monoisotopic (exact) mass is 272 g/mol. The van der Waals surface area contributed by atoms with Crippen molar-refractivity contribution in [2.75, 3.05) is 0 Å². The summed E-state index contributed by atoms with van der Waals surface area (Å²) in [5.74, 6) is -3.18. The molecular formula is C14H8O6. The van der Waals surface area contributed by atoms with E-state index in [-0.39, 0.29) is 11.1 Å². The highest BCUT2D eigenvalue weighted by Gasteiger charge is 2.25. The van der Waals surface area contributed by atoms with E-state index in [2.05, 4.69) is 0 Å². The van der Waals surface area contributed by atoms with Gasteiger partial charge in [0.2, 0.25) is 11.5 Å². The average molecular weight is 272 g/mol. The van der Waals surface area contributed by atoms with E-state index < -0.39 is 34.9 Å². The number of benzene rings is 2. The van der Waals surface area contributed by atoms with Gasteiger partial charge in [-0.1, -0.05) is 6.07 Å². The van der Waals surface area contributed by atoms with Crippen molar-refractivity contribution in [3.05, 3.63) is 47.5 Å². The Morgan fingerprint density at radius 3 is 1.65 bits per heavy atom. The van der Waals surface area contributed by atoms with Gasteiger partial charge in [-0.2, -0.15) is 0 Å². The summed E-state index contributed by atoms with van der Waals surface area (Å²) >= 11 is 0. The second-order valence-corrected chi connectivity index (χ2v) is 4.12. The Morgan fingerprint density at radius 2 is 1.20 bits per heavy atom. The first-order valence-corrected chi connectivity index (χ1v) is 5.65. The standard InChI is InChI=1S/C14H8O6/c15-9-4-5-10(16)12-11(9)19-13(17)7-2-1-3-8(6-7)14(18)20-12/h1-6,15-16H. The second kappa shape index (κ2) is 4.27. The Hall–Kier alpha value is -3.02. The molecule has 2 aromatic carbocycles. The fraction of sp³-hybridized carbons (Fsp3) is 0. The van der Waals surface area contributed by atoms with Crippen LogP contribution in [0, 0.1) is 0 Å². The third-order valence-electron chi connectivity index (χ3n) is 2.79. The van der Waals surface area contributed by atoms with Crippen molar-refractivity contribution in [2.45, 2.75) is 0 Å². The molecule has 1 aliphatic heterocycles. The lowest BCUT2D eigenvalue weighted by molar-refractivity contribution is 0.0684. The molecule has 100 valence electrons. The van der Waals surface area contributed by atoms with Crippen LogP contribution < -0.4 is 9.47 Å². The van der Waals surface area contributed by atoms with Crippen molar-refractivity contribution in [3.63, 3.8) is 0 Å². The van der Waals surface area contributed by atoms with Crippen molar-refractivity contribution in [1.82, 2.24) is 0 Å². The molecule has 6 nitrogen and oxygen atoms in total. The topological polar surface area (TPSA) is 93.1 Å². The molecule has 1 heterocycles. The van der Waals surface area contributed by atoms with Crippen LogP contribution in [0.5, 0.6) is 23.0 Å². The zero-order valence-corrected chi connectivity index (χ0v) is 9.99. The van der Waals surface area contributed by atoms with Gasteiger partial charge >= 0.3 is 11.9 Å². The number of esters is 2. The molecule has 6 heteroatoms. The molecule has 0 aromatic heterocycles. The maximum absolute atomic E-state index is 11.9. The zero-order valence-electron chi connectivity index (χ0n) is 9.99. The van der Waals surface area contributed by atoms with Gasteiger partial charge in [0.25, 0.3) is 0 Å². The van der Waals surface area contributed by atoms with Gasteiger partial charge in [0.05, 0.1) is 11.1 Å². The molecule has 20 heavy (non-hydrogen) atoms. The van der Waals surface area contributed by atoms with E-state index in [4.69, 9.17) is 9.47 Å². The van der Waals surface area contributed by atoms with Crippen LogP contribution in [-0.4, -0.2) is 22.2 Å². The van der Waals surface area contributed by atoms with Gasteiger partial charge in [0.15, 0.2) is 11.5 Å². The molecule has 2 aromatic rings. The predicted molar refractivity (Wildman–Crippen MR) is 66.1 cm³/mol. The van der Waals surface area contributed by atoms with Gasteiger partial charge in [0.1, 0.15) is 0 Å². The van der Waals surface area contributed by atoms with Crippen LogP contribution in [0.15, 0.2) is 36.4 Å². The van der Waals surface area contributed by atoms with Crippen molar-refractivity contribution < 1.29 is 29.3 Å². The number of hydrogen-bond donors (Lipinski definition) is 2. The Labute approximate surface area is 112 Å². The summed E-state index contributed by atoms with van der Waals surface area (Å²) in [4.78, 5) is 23.9. The maximum atomic E-state index is 11.9. The lowest BCUT2D eigenvalue weighted by Crippen LogP contribution is -2.08. The molecule has 0 atom stereocenters. The molecule has 0 unspecified atom stereocenters. The molecule has 1 aliphatic rings. The van der Waals surface area contributed by atoms with Gasteiger partial charge < -0.3 is 19.7 Å². The Balaban J connectivity index is 2.24. The number of aromatic hydroxyl groups is 2. The van der Waals surface area contributed by atoms with E-state index in [0.717, 1.165) is 12.1 Å². The highest BCUT2D eigenvalue weighted by molar-refractivity contribution is 5.98. The number of fused-ring (bicyclic) bond motifs is 3. The first kappa shape index (κ1) is 12.0. The van der Waals surface area contributed by atoms with E-state index in [9.17, 15) is 19.8 Å². The summed E-state index contributed by atoms with van der Waals surface area (Å²) in [6.07, 6.45) is 0. The molecule has 3 rings (SSSR count). The quantitative estimate of drug-likeness (QED) is 0.432. The van der Waals surface area contributed by atoms with E-state index in [1.807, 2.05) is 0 Å². The van der Waals surface area contributed by atoms with Crippen LogP contribution in [0.25, 0.3) is 0 Å². The van der Waals surface area contributed by atoms with Gasteiger partial charge in [-0.05, 0) is 30.3 Å². The number of phenolic OH excluding ortho intramolecular Hbond substituents is 2. The van der Waals surface area contributed by atoms with Gasteiger partial charge in [-0.3, -0.25) is 0 Å². The Morgan fingerprint density at radius 1 is 0.750 bits per heavy atom. The summed E-state index contributed by atoms with van der Waals surface area (Å²) in [6, 6.07) is 7.99.